The highest BCUT2D eigenvalue weighted by Crippen LogP contribution is 2.39. The monoisotopic (exact) mass is 506 g/mol. The Morgan fingerprint density at radius 2 is 1.39 bits per heavy atom. The van der Waals surface area contributed by atoms with Crippen LogP contribution in [0.4, 0.5) is 5.69 Å². The SMILES string of the molecule is CCC(=C(c1ccccc1)c1ccccc1N(CCN(CC)CC)S(C)(=O)=O)c1ccc(OC)cc1. The van der Waals surface area contributed by atoms with Gasteiger partial charge < -0.3 is 9.64 Å². The largest absolute Gasteiger partial charge is 0.497 e. The summed E-state index contributed by atoms with van der Waals surface area (Å²) < 4.78 is 33.1. The van der Waals surface area contributed by atoms with E-state index in [2.05, 4.69) is 49.9 Å². The van der Waals surface area contributed by atoms with Crippen molar-refractivity contribution in [2.75, 3.05) is 43.8 Å². The van der Waals surface area contributed by atoms with Gasteiger partial charge in [0, 0.05) is 18.7 Å². The lowest BCUT2D eigenvalue weighted by Crippen LogP contribution is -2.38. The maximum absolute atomic E-state index is 13.1. The third-order valence-corrected chi connectivity index (χ3v) is 7.69. The van der Waals surface area contributed by atoms with Gasteiger partial charge in [0.05, 0.1) is 19.1 Å². The van der Waals surface area contributed by atoms with Crippen LogP contribution in [-0.4, -0.2) is 52.9 Å². The van der Waals surface area contributed by atoms with Crippen molar-refractivity contribution < 1.29 is 13.2 Å². The Labute approximate surface area is 217 Å². The number of allylic oxidation sites excluding steroid dienone is 1. The minimum Gasteiger partial charge on any atom is -0.497 e. The zero-order valence-corrected chi connectivity index (χ0v) is 22.9. The molecule has 6 heteroatoms. The van der Waals surface area contributed by atoms with Gasteiger partial charge in [0.15, 0.2) is 0 Å². The molecule has 0 bridgehead atoms. The fraction of sp³-hybridized carbons (Fsp3) is 0.333. The molecule has 0 aromatic heterocycles. The smallest absolute Gasteiger partial charge is 0.232 e. The van der Waals surface area contributed by atoms with Crippen molar-refractivity contribution >= 4 is 26.9 Å². The first-order chi connectivity index (χ1) is 17.3. The number of sulfonamides is 1. The van der Waals surface area contributed by atoms with Crippen LogP contribution in [-0.2, 0) is 10.0 Å². The van der Waals surface area contributed by atoms with Crippen LogP contribution in [0.25, 0.3) is 11.1 Å². The van der Waals surface area contributed by atoms with Crippen molar-refractivity contribution in [3.8, 4) is 5.75 Å². The highest BCUT2D eigenvalue weighted by Gasteiger charge is 2.24. The van der Waals surface area contributed by atoms with Gasteiger partial charge in [-0.05, 0) is 60.0 Å². The molecule has 192 valence electrons. The number of methoxy groups -OCH3 is 1. The fourth-order valence-electron chi connectivity index (χ4n) is 4.55. The van der Waals surface area contributed by atoms with Crippen molar-refractivity contribution in [1.82, 2.24) is 4.90 Å². The molecule has 0 heterocycles. The third-order valence-electron chi connectivity index (χ3n) is 6.51. The normalized spacial score (nSPS) is 12.4. The molecule has 3 rings (SSSR count). The third kappa shape index (κ3) is 6.56. The standard InChI is InChI=1S/C30H38N2O3S/c1-6-27(24-18-20-26(35-4)21-19-24)30(25-14-10-9-11-15-25)28-16-12-13-17-29(28)32(36(5,33)34)23-22-31(7-2)8-3/h9-21H,6-8,22-23H2,1-5H3. The molecule has 0 spiro atoms. The van der Waals surface area contributed by atoms with Crippen molar-refractivity contribution in [3.63, 3.8) is 0 Å². The zero-order valence-electron chi connectivity index (χ0n) is 22.1. The van der Waals surface area contributed by atoms with Crippen LogP contribution in [0, 0.1) is 0 Å². The van der Waals surface area contributed by atoms with Crippen LogP contribution in [0.5, 0.6) is 5.75 Å². The van der Waals surface area contributed by atoms with E-state index in [4.69, 9.17) is 4.74 Å². The molecule has 0 aliphatic carbocycles. The lowest BCUT2D eigenvalue weighted by molar-refractivity contribution is 0.313. The van der Waals surface area contributed by atoms with E-state index in [0.717, 1.165) is 53.1 Å². The van der Waals surface area contributed by atoms with E-state index in [1.165, 1.54) is 6.26 Å². The Hall–Kier alpha value is -3.09. The molecule has 0 fully saturated rings. The van der Waals surface area contributed by atoms with E-state index >= 15 is 0 Å². The first-order valence-corrected chi connectivity index (χ1v) is 14.4. The van der Waals surface area contributed by atoms with E-state index in [0.29, 0.717) is 18.8 Å². The average molecular weight is 507 g/mol. The van der Waals surface area contributed by atoms with Crippen molar-refractivity contribution in [3.05, 3.63) is 95.6 Å². The molecule has 0 aliphatic rings. The molecule has 36 heavy (non-hydrogen) atoms. The van der Waals surface area contributed by atoms with Gasteiger partial charge in [-0.25, -0.2) is 8.42 Å². The Kier molecular flexibility index (Phi) is 9.73. The van der Waals surface area contributed by atoms with Crippen molar-refractivity contribution in [2.24, 2.45) is 0 Å². The van der Waals surface area contributed by atoms with Crippen LogP contribution in [0.3, 0.4) is 0 Å². The Morgan fingerprint density at radius 1 is 0.778 bits per heavy atom. The summed E-state index contributed by atoms with van der Waals surface area (Å²) in [4.78, 5) is 2.24. The number of nitrogens with zero attached hydrogens (tertiary/aromatic N) is 2. The van der Waals surface area contributed by atoms with E-state index < -0.39 is 10.0 Å². The van der Waals surface area contributed by atoms with Crippen molar-refractivity contribution in [1.29, 1.82) is 0 Å². The summed E-state index contributed by atoms with van der Waals surface area (Å²) in [6.07, 6.45) is 2.07. The number of ether oxygens (including phenoxy) is 1. The zero-order chi connectivity index (χ0) is 26.1. The number of benzene rings is 3. The number of anilines is 1. The van der Waals surface area contributed by atoms with Gasteiger partial charge in [-0.3, -0.25) is 4.31 Å². The highest BCUT2D eigenvalue weighted by molar-refractivity contribution is 7.92. The number of rotatable bonds is 12. The fourth-order valence-corrected chi connectivity index (χ4v) is 5.48. The summed E-state index contributed by atoms with van der Waals surface area (Å²) in [5.74, 6) is 0.801. The molecule has 0 atom stereocenters. The van der Waals surface area contributed by atoms with Crippen molar-refractivity contribution in [2.45, 2.75) is 27.2 Å². The van der Waals surface area contributed by atoms with Crippen LogP contribution < -0.4 is 9.04 Å². The molecular formula is C30H38N2O3S. The summed E-state index contributed by atoms with van der Waals surface area (Å²) in [6, 6.07) is 26.1. The molecule has 5 nitrogen and oxygen atoms in total. The Balaban J connectivity index is 2.26. The molecule has 0 amide bonds. The van der Waals surface area contributed by atoms with E-state index in [9.17, 15) is 8.42 Å². The summed E-state index contributed by atoms with van der Waals surface area (Å²) in [7, 11) is -1.84. The summed E-state index contributed by atoms with van der Waals surface area (Å²) in [6.45, 7) is 9.15. The molecule has 0 saturated carbocycles. The van der Waals surface area contributed by atoms with Gasteiger partial charge in [0.2, 0.25) is 10.0 Å². The van der Waals surface area contributed by atoms with E-state index in [1.807, 2.05) is 54.6 Å². The minimum absolute atomic E-state index is 0.392. The first-order valence-electron chi connectivity index (χ1n) is 12.6. The number of likely N-dealkylation sites (N-methyl/N-ethyl adjacent to an activating group) is 1. The molecular weight excluding hydrogens is 468 g/mol. The number of para-hydroxylation sites is 1. The number of hydrogen-bond donors (Lipinski definition) is 0. The highest BCUT2D eigenvalue weighted by atomic mass is 32.2. The van der Waals surface area contributed by atoms with Gasteiger partial charge in [0.25, 0.3) is 0 Å². The molecule has 0 unspecified atom stereocenters. The lowest BCUT2D eigenvalue weighted by Gasteiger charge is -2.29. The second-order valence-corrected chi connectivity index (χ2v) is 10.6. The topological polar surface area (TPSA) is 49.9 Å². The van der Waals surface area contributed by atoms with Crippen LogP contribution in [0.15, 0.2) is 78.9 Å². The van der Waals surface area contributed by atoms with E-state index in [-0.39, 0.29) is 0 Å². The Bertz CT molecular complexity index is 1250. The number of hydrogen-bond acceptors (Lipinski definition) is 4. The predicted molar refractivity (Wildman–Crippen MR) is 152 cm³/mol. The quantitative estimate of drug-likeness (QED) is 0.276. The Morgan fingerprint density at radius 3 is 1.94 bits per heavy atom. The minimum atomic E-state index is -3.51. The second-order valence-electron chi connectivity index (χ2n) is 8.68. The lowest BCUT2D eigenvalue weighted by atomic mass is 9.87. The van der Waals surface area contributed by atoms with Gasteiger partial charge in [-0.2, -0.15) is 0 Å². The first kappa shape index (κ1) is 27.5. The van der Waals surface area contributed by atoms with Gasteiger partial charge in [-0.1, -0.05) is 81.4 Å². The van der Waals surface area contributed by atoms with Gasteiger partial charge in [0.1, 0.15) is 5.75 Å². The van der Waals surface area contributed by atoms with E-state index in [1.54, 1.807) is 11.4 Å². The van der Waals surface area contributed by atoms with Crippen LogP contribution >= 0.6 is 0 Å². The molecule has 0 saturated heterocycles. The summed E-state index contributed by atoms with van der Waals surface area (Å²) >= 11 is 0. The molecule has 0 aliphatic heterocycles. The average Bonchev–Trinajstić information content (AvgIpc) is 2.90. The van der Waals surface area contributed by atoms with Gasteiger partial charge >= 0.3 is 0 Å². The van der Waals surface area contributed by atoms with Crippen LogP contribution in [0.2, 0.25) is 0 Å². The molecule has 0 radical (unpaired) electrons. The van der Waals surface area contributed by atoms with Crippen LogP contribution in [0.1, 0.15) is 43.9 Å². The maximum atomic E-state index is 13.1. The summed E-state index contributed by atoms with van der Waals surface area (Å²) in [5, 5.41) is 0. The predicted octanol–water partition coefficient (Wildman–Crippen LogP) is 6.17. The maximum Gasteiger partial charge on any atom is 0.232 e. The molecule has 0 N–H and O–H groups in total. The second kappa shape index (κ2) is 12.7. The summed E-state index contributed by atoms with van der Waals surface area (Å²) in [5.41, 5.74) is 5.92. The molecule has 3 aromatic carbocycles. The molecule has 3 aromatic rings. The van der Waals surface area contributed by atoms with Gasteiger partial charge in [-0.15, -0.1) is 0 Å².